The maximum Gasteiger partial charge on any atom is 0.290 e. The van der Waals surface area contributed by atoms with Crippen LogP contribution in [0.15, 0.2) is 34.9 Å². The summed E-state index contributed by atoms with van der Waals surface area (Å²) < 4.78 is 5.20. The lowest BCUT2D eigenvalue weighted by Gasteiger charge is -2.28. The van der Waals surface area contributed by atoms with Crippen molar-refractivity contribution in [1.29, 1.82) is 0 Å². The highest BCUT2D eigenvalue weighted by Gasteiger charge is 2.22. The van der Waals surface area contributed by atoms with Crippen molar-refractivity contribution >= 4 is 18.3 Å². The first-order valence-electron chi connectivity index (χ1n) is 7.70. The number of carbonyl (C=O) groups excluding carboxylic acids is 1. The van der Waals surface area contributed by atoms with E-state index >= 15 is 0 Å². The minimum absolute atomic E-state index is 0. The van der Waals surface area contributed by atoms with Crippen LogP contribution in [0.4, 0.5) is 0 Å². The van der Waals surface area contributed by atoms with Crippen molar-refractivity contribution in [1.82, 2.24) is 15.8 Å². The fourth-order valence-electron chi connectivity index (χ4n) is 2.76. The van der Waals surface area contributed by atoms with Crippen molar-refractivity contribution in [3.8, 4) is 11.3 Å². The number of amides is 1. The van der Waals surface area contributed by atoms with Gasteiger partial charge in [-0.2, -0.15) is 0 Å². The number of aryl methyl sites for hydroxylation is 1. The lowest BCUT2D eigenvalue weighted by molar-refractivity contribution is 0.0888. The number of nitrogens with zero attached hydrogens (tertiary/aromatic N) is 1. The second-order valence-electron chi connectivity index (χ2n) is 5.99. The van der Waals surface area contributed by atoms with E-state index in [2.05, 4.69) is 22.7 Å². The molecule has 2 heterocycles. The first kappa shape index (κ1) is 17.5. The highest BCUT2D eigenvalue weighted by atomic mass is 35.5. The Morgan fingerprint density at radius 1 is 1.35 bits per heavy atom. The van der Waals surface area contributed by atoms with Gasteiger partial charge in [0.1, 0.15) is 5.69 Å². The number of hydrogen-bond donors (Lipinski definition) is 2. The third-order valence-corrected chi connectivity index (χ3v) is 4.04. The average Bonchev–Trinajstić information content (AvgIpc) is 2.98. The van der Waals surface area contributed by atoms with Crippen LogP contribution in [0.25, 0.3) is 11.3 Å². The van der Waals surface area contributed by atoms with E-state index in [1.54, 1.807) is 6.07 Å². The molecule has 6 heteroatoms. The quantitative estimate of drug-likeness (QED) is 0.905. The second-order valence-corrected chi connectivity index (χ2v) is 5.99. The normalized spacial score (nSPS) is 20.6. The highest BCUT2D eigenvalue weighted by Crippen LogP contribution is 2.20. The maximum absolute atomic E-state index is 12.3. The lowest BCUT2D eigenvalue weighted by atomic mass is 10.0. The molecule has 3 rings (SSSR count). The number of aromatic nitrogens is 1. The highest BCUT2D eigenvalue weighted by molar-refractivity contribution is 5.92. The predicted octanol–water partition coefficient (Wildman–Crippen LogP) is 2.94. The average molecular weight is 336 g/mol. The molecular formula is C17H22ClN3O2. The van der Waals surface area contributed by atoms with Crippen LogP contribution in [0, 0.1) is 6.92 Å². The number of halogens is 1. The molecule has 0 bridgehead atoms. The van der Waals surface area contributed by atoms with E-state index in [9.17, 15) is 4.79 Å². The topological polar surface area (TPSA) is 67.2 Å². The largest absolute Gasteiger partial charge is 0.350 e. The third kappa shape index (κ3) is 4.33. The Balaban J connectivity index is 0.00000192. The standard InChI is InChI=1S/C17H21N3O2.ClH/c1-11-3-5-13(6-4-11)15-10-16(22-20-15)17(21)19-14-7-8-18-12(2)9-14;/h3-6,10,12,14,18H,7-9H2,1-2H3,(H,19,21);1H. The molecule has 1 aromatic carbocycles. The van der Waals surface area contributed by atoms with Crippen molar-refractivity contribution in [2.45, 2.75) is 38.8 Å². The summed E-state index contributed by atoms with van der Waals surface area (Å²) >= 11 is 0. The summed E-state index contributed by atoms with van der Waals surface area (Å²) in [4.78, 5) is 12.3. The summed E-state index contributed by atoms with van der Waals surface area (Å²) in [7, 11) is 0. The number of rotatable bonds is 3. The number of nitrogens with one attached hydrogen (secondary N) is 2. The number of piperidine rings is 1. The van der Waals surface area contributed by atoms with Gasteiger partial charge >= 0.3 is 0 Å². The Labute approximate surface area is 142 Å². The molecule has 1 aliphatic heterocycles. The molecule has 1 saturated heterocycles. The minimum atomic E-state index is -0.190. The van der Waals surface area contributed by atoms with Gasteiger partial charge in [-0.3, -0.25) is 4.79 Å². The van der Waals surface area contributed by atoms with E-state index in [0.29, 0.717) is 11.7 Å². The van der Waals surface area contributed by atoms with Gasteiger partial charge in [-0.1, -0.05) is 35.0 Å². The van der Waals surface area contributed by atoms with Gasteiger partial charge in [0, 0.05) is 23.7 Å². The van der Waals surface area contributed by atoms with Crippen LogP contribution in [-0.4, -0.2) is 29.7 Å². The van der Waals surface area contributed by atoms with Crippen molar-refractivity contribution in [2.75, 3.05) is 6.54 Å². The SMILES string of the molecule is Cc1ccc(-c2cc(C(=O)NC3CCNC(C)C3)on2)cc1.Cl. The van der Waals surface area contributed by atoms with Crippen molar-refractivity contribution in [2.24, 2.45) is 0 Å². The molecule has 2 atom stereocenters. The molecule has 2 aromatic rings. The predicted molar refractivity (Wildman–Crippen MR) is 91.9 cm³/mol. The molecule has 124 valence electrons. The van der Waals surface area contributed by atoms with Gasteiger partial charge in [0.05, 0.1) is 0 Å². The molecule has 0 aliphatic carbocycles. The van der Waals surface area contributed by atoms with E-state index in [4.69, 9.17) is 4.52 Å². The maximum atomic E-state index is 12.3. The van der Waals surface area contributed by atoms with Gasteiger partial charge in [0.2, 0.25) is 5.76 Å². The smallest absolute Gasteiger partial charge is 0.290 e. The summed E-state index contributed by atoms with van der Waals surface area (Å²) in [6.07, 6.45) is 1.87. The Morgan fingerprint density at radius 2 is 2.09 bits per heavy atom. The van der Waals surface area contributed by atoms with Crippen LogP contribution < -0.4 is 10.6 Å². The number of benzene rings is 1. The summed E-state index contributed by atoms with van der Waals surface area (Å²) in [5.74, 6) is 0.0757. The molecule has 0 saturated carbocycles. The van der Waals surface area contributed by atoms with Gasteiger partial charge in [0.15, 0.2) is 0 Å². The van der Waals surface area contributed by atoms with E-state index in [1.807, 2.05) is 31.2 Å². The summed E-state index contributed by atoms with van der Waals surface area (Å²) in [6, 6.07) is 10.3. The molecule has 1 aliphatic rings. The summed E-state index contributed by atoms with van der Waals surface area (Å²) in [6.45, 7) is 5.09. The molecular weight excluding hydrogens is 314 g/mol. The van der Waals surface area contributed by atoms with Crippen LogP contribution >= 0.6 is 12.4 Å². The van der Waals surface area contributed by atoms with Crippen molar-refractivity contribution in [3.63, 3.8) is 0 Å². The van der Waals surface area contributed by atoms with Crippen LogP contribution in [-0.2, 0) is 0 Å². The third-order valence-electron chi connectivity index (χ3n) is 4.04. The van der Waals surface area contributed by atoms with E-state index in [1.165, 1.54) is 5.56 Å². The molecule has 1 aromatic heterocycles. The summed E-state index contributed by atoms with van der Waals surface area (Å²) in [5.41, 5.74) is 2.82. The molecule has 2 unspecified atom stereocenters. The first-order valence-corrected chi connectivity index (χ1v) is 7.70. The molecule has 5 nitrogen and oxygen atoms in total. The van der Waals surface area contributed by atoms with E-state index < -0.39 is 0 Å². The summed E-state index contributed by atoms with van der Waals surface area (Å²) in [5, 5.41) is 10.4. The Bertz CT molecular complexity index is 654. The molecule has 2 N–H and O–H groups in total. The first-order chi connectivity index (χ1) is 10.6. The van der Waals surface area contributed by atoms with Crippen LogP contribution in [0.3, 0.4) is 0 Å². The monoisotopic (exact) mass is 335 g/mol. The van der Waals surface area contributed by atoms with Crippen LogP contribution in [0.2, 0.25) is 0 Å². The number of carbonyl (C=O) groups is 1. The zero-order valence-electron chi connectivity index (χ0n) is 13.3. The molecule has 23 heavy (non-hydrogen) atoms. The second kappa shape index (κ2) is 7.62. The zero-order chi connectivity index (χ0) is 15.5. The Morgan fingerprint density at radius 3 is 2.78 bits per heavy atom. The van der Waals surface area contributed by atoms with Crippen molar-refractivity contribution in [3.05, 3.63) is 41.7 Å². The Hall–Kier alpha value is -1.85. The molecule has 0 spiro atoms. The fraction of sp³-hybridized carbons (Fsp3) is 0.412. The van der Waals surface area contributed by atoms with E-state index in [-0.39, 0.29) is 30.1 Å². The zero-order valence-corrected chi connectivity index (χ0v) is 14.2. The molecule has 1 amide bonds. The minimum Gasteiger partial charge on any atom is -0.350 e. The fourth-order valence-corrected chi connectivity index (χ4v) is 2.76. The van der Waals surface area contributed by atoms with Gasteiger partial charge in [-0.25, -0.2) is 0 Å². The van der Waals surface area contributed by atoms with Gasteiger partial charge in [-0.15, -0.1) is 12.4 Å². The van der Waals surface area contributed by atoms with Crippen LogP contribution in [0.1, 0.15) is 35.9 Å². The lowest BCUT2D eigenvalue weighted by Crippen LogP contribution is -2.46. The van der Waals surface area contributed by atoms with E-state index in [0.717, 1.165) is 24.9 Å². The van der Waals surface area contributed by atoms with Crippen molar-refractivity contribution < 1.29 is 9.32 Å². The Kier molecular flexibility index (Phi) is 5.80. The molecule has 0 radical (unpaired) electrons. The molecule has 1 fully saturated rings. The number of hydrogen-bond acceptors (Lipinski definition) is 4. The van der Waals surface area contributed by atoms with Crippen LogP contribution in [0.5, 0.6) is 0 Å². The van der Waals surface area contributed by atoms with Gasteiger partial charge < -0.3 is 15.2 Å². The van der Waals surface area contributed by atoms with Gasteiger partial charge in [0.25, 0.3) is 5.91 Å². The van der Waals surface area contributed by atoms with Gasteiger partial charge in [-0.05, 0) is 33.2 Å².